The van der Waals surface area contributed by atoms with Gasteiger partial charge in [-0.2, -0.15) is 0 Å². The molecule has 5 N–H and O–H groups in total. The van der Waals surface area contributed by atoms with Gasteiger partial charge >= 0.3 is 12.1 Å². The van der Waals surface area contributed by atoms with Crippen molar-refractivity contribution in [2.75, 3.05) is 7.05 Å². The van der Waals surface area contributed by atoms with Crippen molar-refractivity contribution in [2.45, 2.75) is 24.8 Å². The van der Waals surface area contributed by atoms with E-state index in [1.165, 1.54) is 19.2 Å². The van der Waals surface area contributed by atoms with E-state index >= 15 is 0 Å². The van der Waals surface area contributed by atoms with Gasteiger partial charge in [0.05, 0.1) is 5.69 Å². The van der Waals surface area contributed by atoms with Crippen LogP contribution in [-0.2, 0) is 12.8 Å². The highest BCUT2D eigenvalue weighted by atomic mass is 19.2. The molecule has 0 unspecified atom stereocenters. The van der Waals surface area contributed by atoms with E-state index in [2.05, 4.69) is 26.5 Å². The predicted octanol–water partition coefficient (Wildman–Crippen LogP) is 1.84. The minimum atomic E-state index is -1.35. The van der Waals surface area contributed by atoms with Gasteiger partial charge in [-0.05, 0) is 23.8 Å². The van der Waals surface area contributed by atoms with E-state index in [4.69, 9.17) is 0 Å². The number of rotatable bonds is 3. The molecule has 1 aliphatic carbocycles. The van der Waals surface area contributed by atoms with Crippen molar-refractivity contribution in [1.82, 2.24) is 30.9 Å². The number of hydrazine groups is 1. The third-order valence-corrected chi connectivity index (χ3v) is 5.65. The molecule has 0 radical (unpaired) electrons. The number of carboxylic acid groups (broad SMARTS) is 1. The number of nitrogens with zero attached hydrogens (tertiary/aromatic N) is 2. The van der Waals surface area contributed by atoms with Crippen molar-refractivity contribution in [3.63, 3.8) is 0 Å². The Morgan fingerprint density at radius 3 is 2.50 bits per heavy atom. The average Bonchev–Trinajstić information content (AvgIpc) is 3.15. The molecule has 0 fully saturated rings. The molecule has 2 atom stereocenters. The molecule has 13 heteroatoms. The first-order chi connectivity index (χ1) is 16.2. The van der Waals surface area contributed by atoms with Crippen molar-refractivity contribution in [3.8, 4) is 0 Å². The topological polar surface area (TPSA) is 137 Å². The van der Waals surface area contributed by atoms with Gasteiger partial charge in [0.15, 0.2) is 11.6 Å². The highest BCUT2D eigenvalue weighted by Crippen LogP contribution is 2.35. The normalized spacial score (nSPS) is 17.1. The summed E-state index contributed by atoms with van der Waals surface area (Å²) in [4.78, 5) is 39.4. The molecule has 2 heterocycles. The van der Waals surface area contributed by atoms with Crippen LogP contribution in [0.3, 0.4) is 0 Å². The molecule has 178 valence electrons. The smallest absolute Gasteiger partial charge is 0.404 e. The molecule has 0 bridgehead atoms. The Balaban J connectivity index is 1.69. The van der Waals surface area contributed by atoms with E-state index in [1.54, 1.807) is 10.6 Å². The molecule has 1 aromatic carbocycles. The number of benzene rings is 1. The maximum Gasteiger partial charge on any atom is 0.404 e. The maximum absolute atomic E-state index is 14.5. The fourth-order valence-electron chi connectivity index (χ4n) is 4.07. The summed E-state index contributed by atoms with van der Waals surface area (Å²) in [7, 11) is 1.38. The Morgan fingerprint density at radius 1 is 1.06 bits per heavy atom. The number of aromatic nitrogens is 2. The first kappa shape index (κ1) is 22.9. The molecule has 2 aromatic heterocycles. The molecule has 3 aromatic rings. The Hall–Kier alpha value is -4.29. The first-order valence-corrected chi connectivity index (χ1v) is 10.1. The van der Waals surface area contributed by atoms with Gasteiger partial charge in [0.2, 0.25) is 0 Å². The van der Waals surface area contributed by atoms with Gasteiger partial charge in [-0.1, -0.05) is 0 Å². The van der Waals surface area contributed by atoms with Gasteiger partial charge in [-0.25, -0.2) is 33.2 Å². The largest absolute Gasteiger partial charge is 0.465 e. The molecule has 10 nitrogen and oxygen atoms in total. The predicted molar refractivity (Wildman–Crippen MR) is 112 cm³/mol. The highest BCUT2D eigenvalue weighted by Gasteiger charge is 2.36. The average molecular weight is 476 g/mol. The standard InChI is InChI=1S/C21H19F3N6O4/c1-25-20(32)29-28-19(31)9-2-3-30-17-8-15(27-21(33)34)11(6-16(17)26-18(30)4-9)10-5-13(23)14(24)7-12(10)22/h2-5,7,11,15,27H,6,8H2,1H3,(H,28,31)(H,33,34)(H2,25,29,32)/t11-,15+/m1/s1. The Bertz CT molecular complexity index is 1310. The van der Waals surface area contributed by atoms with Crippen molar-refractivity contribution in [1.29, 1.82) is 0 Å². The van der Waals surface area contributed by atoms with E-state index in [0.29, 0.717) is 23.1 Å². The van der Waals surface area contributed by atoms with Crippen LogP contribution in [-0.4, -0.2) is 45.6 Å². The number of urea groups is 1. The lowest BCUT2D eigenvalue weighted by molar-refractivity contribution is 0.0936. The summed E-state index contributed by atoms with van der Waals surface area (Å²) in [6, 6.07) is 2.65. The van der Waals surface area contributed by atoms with E-state index in [-0.39, 0.29) is 24.0 Å². The minimum Gasteiger partial charge on any atom is -0.465 e. The monoisotopic (exact) mass is 476 g/mol. The molecular weight excluding hydrogens is 457 g/mol. The third-order valence-electron chi connectivity index (χ3n) is 5.65. The SMILES string of the molecule is CNC(=O)NNC(=O)c1ccn2c3c(nc2c1)C[C@H](c1cc(F)c(F)cc1F)[C@@H](NC(=O)O)C3. The summed E-state index contributed by atoms with van der Waals surface area (Å²) >= 11 is 0. The number of carbonyl (C=O) groups excluding carboxylic acids is 2. The van der Waals surface area contributed by atoms with Crippen LogP contribution in [0.2, 0.25) is 0 Å². The second kappa shape index (κ2) is 8.92. The van der Waals surface area contributed by atoms with Crippen LogP contribution in [0.4, 0.5) is 22.8 Å². The van der Waals surface area contributed by atoms with Gasteiger partial charge in [0, 0.05) is 55.4 Å². The molecule has 0 spiro atoms. The second-order valence-corrected chi connectivity index (χ2v) is 7.67. The zero-order valence-electron chi connectivity index (χ0n) is 17.7. The van der Waals surface area contributed by atoms with Crippen LogP contribution in [0.25, 0.3) is 5.65 Å². The van der Waals surface area contributed by atoms with Crippen molar-refractivity contribution in [3.05, 3.63) is 70.4 Å². The highest BCUT2D eigenvalue weighted by molar-refractivity contribution is 5.96. The Morgan fingerprint density at radius 2 is 1.79 bits per heavy atom. The lowest BCUT2D eigenvalue weighted by Crippen LogP contribution is -2.45. The molecule has 0 saturated carbocycles. The van der Waals surface area contributed by atoms with Crippen LogP contribution < -0.4 is 21.5 Å². The molecule has 4 rings (SSSR count). The fraction of sp³-hybridized carbons (Fsp3) is 0.238. The number of nitrogens with one attached hydrogen (secondary N) is 4. The molecule has 0 saturated heterocycles. The summed E-state index contributed by atoms with van der Waals surface area (Å²) in [5.41, 5.74) is 5.89. The van der Waals surface area contributed by atoms with Gasteiger partial charge < -0.3 is 20.1 Å². The zero-order valence-corrected chi connectivity index (χ0v) is 17.7. The van der Waals surface area contributed by atoms with E-state index in [9.17, 15) is 32.7 Å². The van der Waals surface area contributed by atoms with E-state index in [0.717, 1.165) is 6.07 Å². The van der Waals surface area contributed by atoms with E-state index < -0.39 is 47.4 Å². The zero-order chi connectivity index (χ0) is 24.6. The summed E-state index contributed by atoms with van der Waals surface area (Å²) in [6.45, 7) is 0. The van der Waals surface area contributed by atoms with Gasteiger partial charge in [-0.15, -0.1) is 0 Å². The van der Waals surface area contributed by atoms with E-state index in [1.807, 2.05) is 0 Å². The minimum absolute atomic E-state index is 0.0453. The number of carbonyl (C=O) groups is 3. The Kier molecular flexibility index (Phi) is 6.01. The number of hydrogen-bond acceptors (Lipinski definition) is 4. The van der Waals surface area contributed by atoms with Crippen LogP contribution in [0.5, 0.6) is 0 Å². The third kappa shape index (κ3) is 4.31. The number of halogens is 3. The number of fused-ring (bicyclic) bond motifs is 3. The first-order valence-electron chi connectivity index (χ1n) is 10.1. The summed E-state index contributed by atoms with van der Waals surface area (Å²) in [6.07, 6.45) is 0.351. The Labute approximate surface area is 190 Å². The van der Waals surface area contributed by atoms with Crippen molar-refractivity contribution in [2.24, 2.45) is 0 Å². The lowest BCUT2D eigenvalue weighted by Gasteiger charge is -2.31. The number of pyridine rings is 1. The molecule has 1 aliphatic rings. The summed E-state index contributed by atoms with van der Waals surface area (Å²) in [5, 5.41) is 13.9. The molecule has 0 aliphatic heterocycles. The number of amides is 4. The van der Waals surface area contributed by atoms with Crippen LogP contribution in [0.1, 0.15) is 33.2 Å². The quantitative estimate of drug-likeness (QED) is 0.290. The van der Waals surface area contributed by atoms with Crippen LogP contribution in [0.15, 0.2) is 30.5 Å². The summed E-state index contributed by atoms with van der Waals surface area (Å²) in [5.74, 6) is -5.02. The number of hydrogen-bond donors (Lipinski definition) is 5. The van der Waals surface area contributed by atoms with Crippen molar-refractivity contribution < 1.29 is 32.7 Å². The van der Waals surface area contributed by atoms with Gasteiger partial charge in [0.1, 0.15) is 11.5 Å². The van der Waals surface area contributed by atoms with Crippen molar-refractivity contribution >= 4 is 23.7 Å². The molecule has 4 amide bonds. The van der Waals surface area contributed by atoms with Gasteiger partial charge in [0.25, 0.3) is 5.91 Å². The van der Waals surface area contributed by atoms with Crippen LogP contribution in [0, 0.1) is 17.5 Å². The summed E-state index contributed by atoms with van der Waals surface area (Å²) < 4.78 is 43.5. The van der Waals surface area contributed by atoms with Gasteiger partial charge in [-0.3, -0.25) is 10.2 Å². The second-order valence-electron chi connectivity index (χ2n) is 7.67. The number of imidazole rings is 1. The fourth-order valence-corrected chi connectivity index (χ4v) is 4.07. The van der Waals surface area contributed by atoms with Crippen LogP contribution >= 0.6 is 0 Å². The molecule has 34 heavy (non-hydrogen) atoms. The maximum atomic E-state index is 14.5. The lowest BCUT2D eigenvalue weighted by atomic mass is 9.80. The molecular formula is C21H19F3N6O4.